The first kappa shape index (κ1) is 10.9. The number of amides is 1. The van der Waals surface area contributed by atoms with Crippen LogP contribution >= 0.6 is 0 Å². The Morgan fingerprint density at radius 2 is 2.38 bits per heavy atom. The number of hydrogen-bond donors (Lipinski definition) is 2. The van der Waals surface area contributed by atoms with Gasteiger partial charge in [-0.15, -0.1) is 0 Å². The topological polar surface area (TPSA) is 79.5 Å². The van der Waals surface area contributed by atoms with Gasteiger partial charge in [0, 0.05) is 31.2 Å². The number of aromatic nitrogens is 1. The molecule has 2 rings (SSSR count). The standard InChI is InChI=1S/C11H15N3O2/c1-7-2-3-9(12)11(13-7)14-5-8(6-15)4-10(14)16/h2-3,8,15H,4-6,12H2,1H3. The zero-order chi connectivity index (χ0) is 11.7. The van der Waals surface area contributed by atoms with Gasteiger partial charge in [0.2, 0.25) is 5.91 Å². The molecule has 86 valence electrons. The first-order valence-electron chi connectivity index (χ1n) is 5.26. The molecule has 0 aromatic carbocycles. The molecule has 0 aliphatic carbocycles. The lowest BCUT2D eigenvalue weighted by Gasteiger charge is -2.17. The highest BCUT2D eigenvalue weighted by Gasteiger charge is 2.31. The number of rotatable bonds is 2. The second-order valence-corrected chi connectivity index (χ2v) is 4.12. The van der Waals surface area contributed by atoms with Gasteiger partial charge in [0.1, 0.15) is 0 Å². The summed E-state index contributed by atoms with van der Waals surface area (Å²) in [6, 6.07) is 3.56. The fourth-order valence-electron chi connectivity index (χ4n) is 1.88. The predicted octanol–water partition coefficient (Wildman–Crippen LogP) is 0.317. The molecule has 0 spiro atoms. The van der Waals surface area contributed by atoms with Crippen molar-refractivity contribution in [3.05, 3.63) is 17.8 Å². The molecule has 1 aliphatic heterocycles. The first-order chi connectivity index (χ1) is 7.61. The highest BCUT2D eigenvalue weighted by molar-refractivity contribution is 5.97. The van der Waals surface area contributed by atoms with E-state index >= 15 is 0 Å². The molecule has 1 aliphatic rings. The van der Waals surface area contributed by atoms with E-state index in [1.54, 1.807) is 11.0 Å². The summed E-state index contributed by atoms with van der Waals surface area (Å²) in [4.78, 5) is 17.6. The van der Waals surface area contributed by atoms with Crippen LogP contribution in [0.5, 0.6) is 0 Å². The number of carbonyl (C=O) groups excluding carboxylic acids is 1. The van der Waals surface area contributed by atoms with Crippen molar-refractivity contribution < 1.29 is 9.90 Å². The van der Waals surface area contributed by atoms with Gasteiger partial charge < -0.3 is 10.8 Å². The van der Waals surface area contributed by atoms with Crippen LogP contribution in [0.1, 0.15) is 12.1 Å². The number of pyridine rings is 1. The molecule has 1 amide bonds. The molecule has 1 atom stereocenters. The average molecular weight is 221 g/mol. The molecule has 5 nitrogen and oxygen atoms in total. The number of hydrogen-bond acceptors (Lipinski definition) is 4. The van der Waals surface area contributed by atoms with Crippen LogP contribution < -0.4 is 10.6 Å². The van der Waals surface area contributed by atoms with Crippen LogP contribution in [0.2, 0.25) is 0 Å². The maximum Gasteiger partial charge on any atom is 0.228 e. The Bertz CT molecular complexity index is 420. The Hall–Kier alpha value is -1.62. The molecule has 1 aromatic rings. The second kappa shape index (κ2) is 4.09. The van der Waals surface area contributed by atoms with Crippen molar-refractivity contribution in [2.45, 2.75) is 13.3 Å². The number of nitrogens with zero attached hydrogens (tertiary/aromatic N) is 2. The monoisotopic (exact) mass is 221 g/mol. The average Bonchev–Trinajstić information content (AvgIpc) is 2.63. The van der Waals surface area contributed by atoms with Crippen LogP contribution in [0.25, 0.3) is 0 Å². The van der Waals surface area contributed by atoms with Crippen LogP contribution in [0.3, 0.4) is 0 Å². The Labute approximate surface area is 93.9 Å². The molecule has 5 heteroatoms. The fourth-order valence-corrected chi connectivity index (χ4v) is 1.88. The zero-order valence-electron chi connectivity index (χ0n) is 9.18. The van der Waals surface area contributed by atoms with Crippen molar-refractivity contribution in [1.29, 1.82) is 0 Å². The van der Waals surface area contributed by atoms with Gasteiger partial charge in [-0.25, -0.2) is 4.98 Å². The minimum Gasteiger partial charge on any atom is -0.396 e. The molecule has 1 aromatic heterocycles. The molecular formula is C11H15N3O2. The van der Waals surface area contributed by atoms with E-state index in [4.69, 9.17) is 10.8 Å². The second-order valence-electron chi connectivity index (χ2n) is 4.12. The summed E-state index contributed by atoms with van der Waals surface area (Å²) in [5.41, 5.74) is 7.12. The Balaban J connectivity index is 2.30. The molecule has 16 heavy (non-hydrogen) atoms. The van der Waals surface area contributed by atoms with Gasteiger partial charge in [-0.05, 0) is 19.1 Å². The van der Waals surface area contributed by atoms with E-state index in [1.165, 1.54) is 0 Å². The predicted molar refractivity (Wildman–Crippen MR) is 60.9 cm³/mol. The van der Waals surface area contributed by atoms with E-state index in [9.17, 15) is 4.79 Å². The number of nitrogens with two attached hydrogens (primary N) is 1. The molecule has 0 radical (unpaired) electrons. The van der Waals surface area contributed by atoms with Crippen molar-refractivity contribution in [3.63, 3.8) is 0 Å². The van der Waals surface area contributed by atoms with E-state index in [2.05, 4.69) is 4.98 Å². The normalized spacial score (nSPS) is 20.5. The van der Waals surface area contributed by atoms with Crippen molar-refractivity contribution in [3.8, 4) is 0 Å². The van der Waals surface area contributed by atoms with Gasteiger partial charge in [-0.2, -0.15) is 0 Å². The van der Waals surface area contributed by atoms with Gasteiger partial charge in [-0.1, -0.05) is 0 Å². The van der Waals surface area contributed by atoms with Gasteiger partial charge >= 0.3 is 0 Å². The molecule has 1 fully saturated rings. The number of carbonyl (C=O) groups is 1. The van der Waals surface area contributed by atoms with Crippen molar-refractivity contribution in [2.75, 3.05) is 23.8 Å². The third-order valence-electron chi connectivity index (χ3n) is 2.76. The number of aliphatic hydroxyl groups excluding tert-OH is 1. The quantitative estimate of drug-likeness (QED) is 0.753. The Morgan fingerprint density at radius 3 is 3.00 bits per heavy atom. The highest BCUT2D eigenvalue weighted by Crippen LogP contribution is 2.27. The van der Waals surface area contributed by atoms with Crippen molar-refractivity contribution in [1.82, 2.24) is 4.98 Å². The zero-order valence-corrected chi connectivity index (χ0v) is 9.18. The van der Waals surface area contributed by atoms with E-state index < -0.39 is 0 Å². The maximum absolute atomic E-state index is 11.7. The van der Waals surface area contributed by atoms with Gasteiger partial charge in [0.05, 0.1) is 5.69 Å². The van der Waals surface area contributed by atoms with Gasteiger partial charge in [0.15, 0.2) is 5.82 Å². The lowest BCUT2D eigenvalue weighted by atomic mass is 10.1. The minimum atomic E-state index is -0.0242. The Kier molecular flexibility index (Phi) is 2.78. The molecule has 1 saturated heterocycles. The number of anilines is 2. The molecule has 3 N–H and O–H groups in total. The third kappa shape index (κ3) is 1.86. The first-order valence-corrected chi connectivity index (χ1v) is 5.26. The van der Waals surface area contributed by atoms with Gasteiger partial charge in [0.25, 0.3) is 0 Å². The maximum atomic E-state index is 11.7. The molecule has 0 bridgehead atoms. The van der Waals surface area contributed by atoms with E-state index in [-0.39, 0.29) is 18.4 Å². The van der Waals surface area contributed by atoms with Crippen molar-refractivity contribution in [2.24, 2.45) is 5.92 Å². The molecule has 2 heterocycles. The van der Waals surface area contributed by atoms with Crippen LogP contribution in [0.15, 0.2) is 12.1 Å². The summed E-state index contributed by atoms with van der Waals surface area (Å²) in [5, 5.41) is 9.04. The van der Waals surface area contributed by atoms with E-state index in [0.29, 0.717) is 24.5 Å². The molecule has 0 saturated carbocycles. The number of nitrogen functional groups attached to an aromatic ring is 1. The van der Waals surface area contributed by atoms with Crippen LogP contribution in [-0.4, -0.2) is 29.1 Å². The Morgan fingerprint density at radius 1 is 1.62 bits per heavy atom. The van der Waals surface area contributed by atoms with Crippen molar-refractivity contribution >= 4 is 17.4 Å². The molecule has 1 unspecified atom stereocenters. The van der Waals surface area contributed by atoms with Crippen LogP contribution in [-0.2, 0) is 4.79 Å². The molecular weight excluding hydrogens is 206 g/mol. The third-order valence-corrected chi connectivity index (χ3v) is 2.76. The summed E-state index contributed by atoms with van der Waals surface area (Å²) in [6.45, 7) is 2.37. The number of aryl methyl sites for hydroxylation is 1. The van der Waals surface area contributed by atoms with Gasteiger partial charge in [-0.3, -0.25) is 9.69 Å². The summed E-state index contributed by atoms with van der Waals surface area (Å²) in [7, 11) is 0. The summed E-state index contributed by atoms with van der Waals surface area (Å²) >= 11 is 0. The summed E-state index contributed by atoms with van der Waals surface area (Å²) < 4.78 is 0. The summed E-state index contributed by atoms with van der Waals surface area (Å²) in [5.74, 6) is 0.485. The number of aliphatic hydroxyl groups is 1. The van der Waals surface area contributed by atoms with E-state index in [0.717, 1.165) is 5.69 Å². The SMILES string of the molecule is Cc1ccc(N)c(N2CC(CO)CC2=O)n1. The lowest BCUT2D eigenvalue weighted by Crippen LogP contribution is -2.27. The largest absolute Gasteiger partial charge is 0.396 e. The van der Waals surface area contributed by atoms with Crippen LogP contribution in [0, 0.1) is 12.8 Å². The smallest absolute Gasteiger partial charge is 0.228 e. The minimum absolute atomic E-state index is 0.00536. The lowest BCUT2D eigenvalue weighted by molar-refractivity contribution is -0.117. The fraction of sp³-hybridized carbons (Fsp3) is 0.455. The highest BCUT2D eigenvalue weighted by atomic mass is 16.3. The van der Waals surface area contributed by atoms with Crippen LogP contribution in [0.4, 0.5) is 11.5 Å². The van der Waals surface area contributed by atoms with E-state index in [1.807, 2.05) is 13.0 Å². The summed E-state index contributed by atoms with van der Waals surface area (Å²) in [6.07, 6.45) is 0.367.